The molecule has 0 amide bonds. The second kappa shape index (κ2) is 7.06. The van der Waals surface area contributed by atoms with Gasteiger partial charge in [0.05, 0.1) is 25.4 Å². The van der Waals surface area contributed by atoms with E-state index in [0.717, 1.165) is 56.5 Å². The van der Waals surface area contributed by atoms with Gasteiger partial charge in [-0.3, -0.25) is 4.98 Å². The standard InChI is InChI=1S/C19H24N4O2/c1-15-4-2-5-17(22-15)12-24-10-6-16-7-11-25-19(16)13-23(14-19)18-20-8-3-9-21-18/h2-5,8-9,16H,6-7,10-14H2,1H3/t16-/m0/s1. The number of aromatic nitrogens is 3. The molecule has 2 aromatic rings. The third-order valence-electron chi connectivity index (χ3n) is 5.16. The summed E-state index contributed by atoms with van der Waals surface area (Å²) in [5, 5.41) is 0. The summed E-state index contributed by atoms with van der Waals surface area (Å²) in [6.07, 6.45) is 5.70. The lowest BCUT2D eigenvalue weighted by molar-refractivity contribution is -0.0516. The van der Waals surface area contributed by atoms with E-state index >= 15 is 0 Å². The fourth-order valence-corrected chi connectivity index (χ4v) is 3.82. The molecule has 2 saturated heterocycles. The minimum Gasteiger partial charge on any atom is -0.375 e. The Morgan fingerprint density at radius 2 is 2.08 bits per heavy atom. The molecule has 6 nitrogen and oxygen atoms in total. The number of hydrogen-bond acceptors (Lipinski definition) is 6. The molecule has 25 heavy (non-hydrogen) atoms. The molecule has 4 heterocycles. The first kappa shape index (κ1) is 16.4. The van der Waals surface area contributed by atoms with Crippen molar-refractivity contribution in [2.24, 2.45) is 5.92 Å². The third-order valence-corrected chi connectivity index (χ3v) is 5.16. The van der Waals surface area contributed by atoms with Crippen LogP contribution in [-0.2, 0) is 16.1 Å². The molecule has 6 heteroatoms. The van der Waals surface area contributed by atoms with Gasteiger partial charge in [-0.2, -0.15) is 0 Å². The second-order valence-corrected chi connectivity index (χ2v) is 6.92. The molecule has 0 radical (unpaired) electrons. The van der Waals surface area contributed by atoms with Crippen LogP contribution < -0.4 is 4.90 Å². The molecule has 0 saturated carbocycles. The van der Waals surface area contributed by atoms with Crippen LogP contribution in [0, 0.1) is 12.8 Å². The Bertz CT molecular complexity index is 704. The largest absolute Gasteiger partial charge is 0.375 e. The monoisotopic (exact) mass is 340 g/mol. The van der Waals surface area contributed by atoms with Gasteiger partial charge in [-0.1, -0.05) is 6.07 Å². The quantitative estimate of drug-likeness (QED) is 0.753. The first-order valence-electron chi connectivity index (χ1n) is 8.91. The van der Waals surface area contributed by atoms with Crippen LogP contribution in [0.1, 0.15) is 24.2 Å². The SMILES string of the molecule is Cc1cccc(COCC[C@H]2CCOC23CN(c2ncccn2)C3)n1. The van der Waals surface area contributed by atoms with Crippen molar-refractivity contribution in [3.05, 3.63) is 48.0 Å². The summed E-state index contributed by atoms with van der Waals surface area (Å²) in [4.78, 5) is 15.3. The van der Waals surface area contributed by atoms with Crippen molar-refractivity contribution in [1.82, 2.24) is 15.0 Å². The summed E-state index contributed by atoms with van der Waals surface area (Å²) in [5.74, 6) is 1.34. The summed E-state index contributed by atoms with van der Waals surface area (Å²) in [6.45, 7) is 5.91. The van der Waals surface area contributed by atoms with Crippen LogP contribution >= 0.6 is 0 Å². The maximum absolute atomic E-state index is 6.11. The van der Waals surface area contributed by atoms with Crippen LogP contribution in [0.15, 0.2) is 36.7 Å². The van der Waals surface area contributed by atoms with Crippen LogP contribution in [0.4, 0.5) is 5.95 Å². The van der Waals surface area contributed by atoms with Crippen LogP contribution in [0.3, 0.4) is 0 Å². The number of aryl methyl sites for hydroxylation is 1. The molecule has 1 spiro atoms. The van der Waals surface area contributed by atoms with Crippen LogP contribution in [0.5, 0.6) is 0 Å². The zero-order chi connectivity index (χ0) is 17.1. The maximum Gasteiger partial charge on any atom is 0.225 e. The first-order valence-corrected chi connectivity index (χ1v) is 8.91. The minimum atomic E-state index is -0.0376. The second-order valence-electron chi connectivity index (χ2n) is 6.92. The zero-order valence-electron chi connectivity index (χ0n) is 14.6. The van der Waals surface area contributed by atoms with E-state index in [1.807, 2.05) is 31.2 Å². The number of nitrogens with zero attached hydrogens (tertiary/aromatic N) is 4. The summed E-state index contributed by atoms with van der Waals surface area (Å²) in [7, 11) is 0. The molecule has 2 fully saturated rings. The van der Waals surface area contributed by atoms with Gasteiger partial charge in [0.15, 0.2) is 0 Å². The van der Waals surface area contributed by atoms with Crippen LogP contribution in [-0.4, -0.2) is 46.9 Å². The molecule has 2 aliphatic heterocycles. The molecule has 2 aromatic heterocycles. The molecule has 132 valence electrons. The Balaban J connectivity index is 1.25. The molecule has 0 aliphatic carbocycles. The number of pyridine rings is 1. The number of hydrogen-bond donors (Lipinski definition) is 0. The topological polar surface area (TPSA) is 60.4 Å². The van der Waals surface area contributed by atoms with E-state index in [-0.39, 0.29) is 5.60 Å². The van der Waals surface area contributed by atoms with Gasteiger partial charge >= 0.3 is 0 Å². The van der Waals surface area contributed by atoms with Gasteiger partial charge < -0.3 is 14.4 Å². The van der Waals surface area contributed by atoms with Crippen LogP contribution in [0.2, 0.25) is 0 Å². The van der Waals surface area contributed by atoms with Crippen molar-refractivity contribution < 1.29 is 9.47 Å². The van der Waals surface area contributed by atoms with Crippen molar-refractivity contribution in [2.75, 3.05) is 31.2 Å². The van der Waals surface area contributed by atoms with Crippen molar-refractivity contribution in [1.29, 1.82) is 0 Å². The zero-order valence-corrected chi connectivity index (χ0v) is 14.6. The number of rotatable bonds is 6. The van der Waals surface area contributed by atoms with Gasteiger partial charge in [-0.15, -0.1) is 0 Å². The van der Waals surface area contributed by atoms with E-state index in [2.05, 4.69) is 19.9 Å². The average molecular weight is 340 g/mol. The van der Waals surface area contributed by atoms with Gasteiger partial charge in [0.1, 0.15) is 5.60 Å². The van der Waals surface area contributed by atoms with Gasteiger partial charge in [-0.25, -0.2) is 9.97 Å². The summed E-state index contributed by atoms with van der Waals surface area (Å²) in [5.41, 5.74) is 1.99. The highest BCUT2D eigenvalue weighted by atomic mass is 16.5. The van der Waals surface area contributed by atoms with Crippen molar-refractivity contribution >= 4 is 5.95 Å². The van der Waals surface area contributed by atoms with E-state index in [0.29, 0.717) is 12.5 Å². The Labute approximate surface area is 148 Å². The van der Waals surface area contributed by atoms with Crippen LogP contribution in [0.25, 0.3) is 0 Å². The number of anilines is 1. The normalized spacial score (nSPS) is 21.5. The summed E-state index contributed by atoms with van der Waals surface area (Å²) >= 11 is 0. The van der Waals surface area contributed by atoms with Gasteiger partial charge in [0, 0.05) is 31.3 Å². The van der Waals surface area contributed by atoms with E-state index in [4.69, 9.17) is 9.47 Å². The Hall–Kier alpha value is -2.05. The smallest absolute Gasteiger partial charge is 0.225 e. The number of ether oxygens (including phenoxy) is 2. The van der Waals surface area contributed by atoms with Crippen molar-refractivity contribution in [3.63, 3.8) is 0 Å². The average Bonchev–Trinajstić information content (AvgIpc) is 3.02. The highest BCUT2D eigenvalue weighted by Crippen LogP contribution is 2.42. The molecule has 2 aliphatic rings. The molecule has 4 rings (SSSR count). The Kier molecular flexibility index (Phi) is 4.63. The van der Waals surface area contributed by atoms with Crippen molar-refractivity contribution in [3.8, 4) is 0 Å². The third kappa shape index (κ3) is 3.50. The molecule has 1 atom stereocenters. The molecular weight excluding hydrogens is 316 g/mol. The molecule has 0 N–H and O–H groups in total. The predicted molar refractivity (Wildman–Crippen MR) is 94.3 cm³/mol. The fourth-order valence-electron chi connectivity index (χ4n) is 3.82. The Morgan fingerprint density at radius 3 is 2.88 bits per heavy atom. The van der Waals surface area contributed by atoms with E-state index in [1.165, 1.54) is 0 Å². The molecule has 0 aromatic carbocycles. The van der Waals surface area contributed by atoms with Gasteiger partial charge in [0.25, 0.3) is 0 Å². The predicted octanol–water partition coefficient (Wildman–Crippen LogP) is 2.38. The highest BCUT2D eigenvalue weighted by Gasteiger charge is 2.53. The van der Waals surface area contributed by atoms with Gasteiger partial charge in [0.2, 0.25) is 5.95 Å². The fraction of sp³-hybridized carbons (Fsp3) is 0.526. The first-order chi connectivity index (χ1) is 12.3. The van der Waals surface area contributed by atoms with E-state index in [9.17, 15) is 0 Å². The minimum absolute atomic E-state index is 0.0376. The highest BCUT2D eigenvalue weighted by molar-refractivity contribution is 5.37. The lowest BCUT2D eigenvalue weighted by atomic mass is 9.79. The van der Waals surface area contributed by atoms with Crippen molar-refractivity contribution in [2.45, 2.75) is 32.0 Å². The van der Waals surface area contributed by atoms with E-state index in [1.54, 1.807) is 12.4 Å². The summed E-state index contributed by atoms with van der Waals surface area (Å²) in [6, 6.07) is 7.88. The maximum atomic E-state index is 6.11. The molecule has 0 bridgehead atoms. The van der Waals surface area contributed by atoms with E-state index < -0.39 is 0 Å². The summed E-state index contributed by atoms with van der Waals surface area (Å²) < 4.78 is 12.0. The Morgan fingerprint density at radius 1 is 1.24 bits per heavy atom. The lowest BCUT2D eigenvalue weighted by Gasteiger charge is -2.50. The van der Waals surface area contributed by atoms with Gasteiger partial charge in [-0.05, 0) is 43.9 Å². The lowest BCUT2D eigenvalue weighted by Crippen LogP contribution is -2.65. The molecule has 0 unspecified atom stereocenters. The molecular formula is C19H24N4O2.